The summed E-state index contributed by atoms with van der Waals surface area (Å²) in [5.74, 6) is 0. The van der Waals surface area contributed by atoms with Crippen molar-refractivity contribution in [3.8, 4) is 0 Å². The van der Waals surface area contributed by atoms with Crippen LogP contribution in [0.5, 0.6) is 0 Å². The Labute approximate surface area is 80.7 Å². The van der Waals surface area contributed by atoms with E-state index in [1.807, 2.05) is 20.8 Å². The van der Waals surface area contributed by atoms with Gasteiger partial charge in [0.2, 0.25) is 0 Å². The van der Waals surface area contributed by atoms with Crippen LogP contribution in [-0.2, 0) is 13.6 Å². The summed E-state index contributed by atoms with van der Waals surface area (Å²) in [5.41, 5.74) is 0. The van der Waals surface area contributed by atoms with Crippen molar-refractivity contribution >= 4 is 8.60 Å². The highest BCUT2D eigenvalue weighted by molar-refractivity contribution is 7.42. The molecule has 0 aromatic rings. The highest BCUT2D eigenvalue weighted by Crippen LogP contribution is 2.40. The van der Waals surface area contributed by atoms with Gasteiger partial charge in [0.1, 0.15) is 0 Å². The average Bonchev–Trinajstić information content (AvgIpc) is 2.17. The van der Waals surface area contributed by atoms with Gasteiger partial charge in [-0.3, -0.25) is 0 Å². The largest absolute Gasteiger partial charge is 0.528 e. The van der Waals surface area contributed by atoms with E-state index in [2.05, 4.69) is 0 Å². The molecule has 0 aromatic carbocycles. The van der Waals surface area contributed by atoms with Crippen LogP contribution in [0.3, 0.4) is 0 Å². The highest BCUT2D eigenvalue weighted by atomic mass is 31.2. The number of rotatable bonds is 6. The summed E-state index contributed by atoms with van der Waals surface area (Å²) in [5, 5.41) is 0. The van der Waals surface area contributed by atoms with Crippen LogP contribution in [0.2, 0.25) is 0 Å². The Balaban J connectivity index is 3.86. The zero-order chi connectivity index (χ0) is 9.94. The number of allylic oxidation sites excluding steroid dienone is 3. The second-order valence-corrected chi connectivity index (χ2v) is 3.03. The van der Waals surface area contributed by atoms with Crippen molar-refractivity contribution in [2.45, 2.75) is 20.8 Å². The van der Waals surface area contributed by atoms with E-state index >= 15 is 0 Å². The Morgan fingerprint density at radius 2 is 1.00 bits per heavy atom. The molecule has 13 heavy (non-hydrogen) atoms. The third kappa shape index (κ3) is 7.41. The molecule has 0 fully saturated rings. The van der Waals surface area contributed by atoms with Gasteiger partial charge in [0.25, 0.3) is 0 Å². The van der Waals surface area contributed by atoms with Crippen molar-refractivity contribution < 1.29 is 13.6 Å². The van der Waals surface area contributed by atoms with Gasteiger partial charge in [0, 0.05) is 0 Å². The minimum absolute atomic E-state index is 1.34. The maximum Gasteiger partial charge on any atom is 0.528 e. The van der Waals surface area contributed by atoms with Gasteiger partial charge in [-0.15, -0.1) is 0 Å². The second kappa shape index (κ2) is 9.14. The summed E-state index contributed by atoms with van der Waals surface area (Å²) in [6.07, 6.45) is 9.93. The standard InChI is InChI=1S/C9H15O3P/c1-4-7-10-13(11-8-5-2)12-9-6-3/h4-9H,1-3H3. The molecule has 0 spiro atoms. The first kappa shape index (κ1) is 12.0. The van der Waals surface area contributed by atoms with Crippen LogP contribution >= 0.6 is 8.60 Å². The SMILES string of the molecule is CC=COP(OC=CC)OC=CC. The van der Waals surface area contributed by atoms with Crippen molar-refractivity contribution in [3.05, 3.63) is 37.0 Å². The van der Waals surface area contributed by atoms with Crippen LogP contribution in [0, 0.1) is 0 Å². The Bertz CT molecular complexity index is 154. The summed E-state index contributed by atoms with van der Waals surface area (Å²) < 4.78 is 15.4. The molecule has 0 bridgehead atoms. The molecule has 0 rings (SSSR count). The van der Waals surface area contributed by atoms with E-state index in [4.69, 9.17) is 13.6 Å². The van der Waals surface area contributed by atoms with E-state index in [0.29, 0.717) is 0 Å². The predicted octanol–water partition coefficient (Wildman–Crippen LogP) is 3.86. The minimum atomic E-state index is -1.34. The normalized spacial score (nSPS) is 14.1. The van der Waals surface area contributed by atoms with Crippen molar-refractivity contribution in [2.75, 3.05) is 0 Å². The molecule has 74 valence electrons. The fourth-order valence-electron chi connectivity index (χ4n) is 0.406. The lowest BCUT2D eigenvalue weighted by molar-refractivity contribution is 0.303. The van der Waals surface area contributed by atoms with Crippen LogP contribution in [0.4, 0.5) is 0 Å². The van der Waals surface area contributed by atoms with Crippen LogP contribution in [0.1, 0.15) is 20.8 Å². The maximum atomic E-state index is 5.13. The topological polar surface area (TPSA) is 27.7 Å². The van der Waals surface area contributed by atoms with Crippen molar-refractivity contribution in [2.24, 2.45) is 0 Å². The average molecular weight is 202 g/mol. The third-order valence-electron chi connectivity index (χ3n) is 0.849. The van der Waals surface area contributed by atoms with Gasteiger partial charge in [-0.05, 0) is 20.8 Å². The van der Waals surface area contributed by atoms with Gasteiger partial charge in [-0.2, -0.15) is 0 Å². The lowest BCUT2D eigenvalue weighted by atomic mass is 10.7. The van der Waals surface area contributed by atoms with E-state index < -0.39 is 8.60 Å². The quantitative estimate of drug-likeness (QED) is 0.483. The molecule has 0 atom stereocenters. The highest BCUT2D eigenvalue weighted by Gasteiger charge is 2.10. The zero-order valence-electron chi connectivity index (χ0n) is 8.14. The Kier molecular flexibility index (Phi) is 8.47. The molecular formula is C9H15O3P. The maximum absolute atomic E-state index is 5.13. The second-order valence-electron chi connectivity index (χ2n) is 1.95. The van der Waals surface area contributed by atoms with Gasteiger partial charge >= 0.3 is 8.60 Å². The summed E-state index contributed by atoms with van der Waals surface area (Å²) in [7, 11) is -1.34. The van der Waals surface area contributed by atoms with Crippen LogP contribution in [-0.4, -0.2) is 0 Å². The Morgan fingerprint density at radius 3 is 1.23 bits per heavy atom. The lowest BCUT2D eigenvalue weighted by Gasteiger charge is -2.10. The van der Waals surface area contributed by atoms with Crippen LogP contribution in [0.25, 0.3) is 0 Å². The van der Waals surface area contributed by atoms with Crippen molar-refractivity contribution in [1.29, 1.82) is 0 Å². The van der Waals surface area contributed by atoms with E-state index in [1.165, 1.54) is 0 Å². The van der Waals surface area contributed by atoms with Gasteiger partial charge in [0.05, 0.1) is 18.8 Å². The number of hydrogen-bond donors (Lipinski definition) is 0. The molecule has 0 amide bonds. The summed E-state index contributed by atoms with van der Waals surface area (Å²) in [6.45, 7) is 5.58. The molecule has 0 unspecified atom stereocenters. The molecule has 0 radical (unpaired) electrons. The van der Waals surface area contributed by atoms with Crippen molar-refractivity contribution in [1.82, 2.24) is 0 Å². The first-order chi connectivity index (χ1) is 6.35. The van der Waals surface area contributed by atoms with E-state index in [9.17, 15) is 0 Å². The van der Waals surface area contributed by atoms with Gasteiger partial charge in [-0.25, -0.2) is 0 Å². The molecular weight excluding hydrogens is 187 g/mol. The molecule has 0 aliphatic heterocycles. The molecule has 0 saturated heterocycles. The molecule has 0 aliphatic rings. The van der Waals surface area contributed by atoms with E-state index in [-0.39, 0.29) is 0 Å². The molecule has 4 heteroatoms. The number of hydrogen-bond acceptors (Lipinski definition) is 3. The molecule has 3 nitrogen and oxygen atoms in total. The molecule has 0 aromatic heterocycles. The molecule has 0 heterocycles. The van der Waals surface area contributed by atoms with E-state index in [1.54, 1.807) is 37.0 Å². The minimum Gasteiger partial charge on any atom is -0.417 e. The molecule has 0 aliphatic carbocycles. The van der Waals surface area contributed by atoms with Gasteiger partial charge in [0.15, 0.2) is 0 Å². The molecule has 0 N–H and O–H groups in total. The molecule has 0 saturated carbocycles. The first-order valence-corrected chi connectivity index (χ1v) is 5.08. The smallest absolute Gasteiger partial charge is 0.417 e. The fourth-order valence-corrected chi connectivity index (χ4v) is 1.22. The summed E-state index contributed by atoms with van der Waals surface area (Å²) in [4.78, 5) is 0. The van der Waals surface area contributed by atoms with Gasteiger partial charge in [-0.1, -0.05) is 18.2 Å². The predicted molar refractivity (Wildman–Crippen MR) is 54.6 cm³/mol. The Hall–Kier alpha value is -0.950. The first-order valence-electron chi connectivity index (χ1n) is 3.99. The summed E-state index contributed by atoms with van der Waals surface area (Å²) >= 11 is 0. The zero-order valence-corrected chi connectivity index (χ0v) is 9.03. The van der Waals surface area contributed by atoms with Gasteiger partial charge < -0.3 is 13.6 Å². The third-order valence-corrected chi connectivity index (χ3v) is 1.73. The van der Waals surface area contributed by atoms with Crippen LogP contribution in [0.15, 0.2) is 37.0 Å². The Morgan fingerprint density at radius 1 is 0.692 bits per heavy atom. The summed E-state index contributed by atoms with van der Waals surface area (Å²) in [6, 6.07) is 0. The van der Waals surface area contributed by atoms with Crippen molar-refractivity contribution in [3.63, 3.8) is 0 Å². The monoisotopic (exact) mass is 202 g/mol. The lowest BCUT2D eigenvalue weighted by Crippen LogP contribution is -1.81. The fraction of sp³-hybridized carbons (Fsp3) is 0.333. The van der Waals surface area contributed by atoms with E-state index in [0.717, 1.165) is 0 Å². The van der Waals surface area contributed by atoms with Crippen LogP contribution < -0.4 is 0 Å².